The number of carbonyl (C=O) groups excluding carboxylic acids is 3. The van der Waals surface area contributed by atoms with Gasteiger partial charge in [-0.3, -0.25) is 14.5 Å². The average Bonchev–Trinajstić information content (AvgIpc) is 3.23. The van der Waals surface area contributed by atoms with Crippen LogP contribution in [0.2, 0.25) is 0 Å². The van der Waals surface area contributed by atoms with Gasteiger partial charge in [0.1, 0.15) is 0 Å². The zero-order chi connectivity index (χ0) is 22.0. The lowest BCUT2D eigenvalue weighted by atomic mass is 10.0. The highest BCUT2D eigenvalue weighted by Gasteiger charge is 2.30. The SMILES string of the molecule is O=C(OCC(=O)N1CCCC1=O)c1cccc(S(=O)(=O)N2CCc3ccccc3C2)c1. The summed E-state index contributed by atoms with van der Waals surface area (Å²) in [6, 6.07) is 13.3. The molecule has 31 heavy (non-hydrogen) atoms. The number of carbonyl (C=O) groups is 3. The molecule has 0 unspecified atom stereocenters. The second-order valence-corrected chi connectivity index (χ2v) is 9.44. The van der Waals surface area contributed by atoms with Crippen LogP contribution >= 0.6 is 0 Å². The van der Waals surface area contributed by atoms with Gasteiger partial charge in [0.05, 0.1) is 10.5 Å². The van der Waals surface area contributed by atoms with Crippen LogP contribution < -0.4 is 0 Å². The van der Waals surface area contributed by atoms with Gasteiger partial charge in [-0.05, 0) is 42.2 Å². The highest BCUT2D eigenvalue weighted by molar-refractivity contribution is 7.89. The van der Waals surface area contributed by atoms with Gasteiger partial charge in [0.25, 0.3) is 5.91 Å². The monoisotopic (exact) mass is 442 g/mol. The van der Waals surface area contributed by atoms with Gasteiger partial charge in [-0.2, -0.15) is 4.31 Å². The molecule has 1 fully saturated rings. The van der Waals surface area contributed by atoms with E-state index in [1.165, 1.54) is 28.6 Å². The standard InChI is InChI=1S/C22H22N2O6S/c25-20-9-4-11-24(20)21(26)15-30-22(27)17-7-3-8-19(13-17)31(28,29)23-12-10-16-5-1-2-6-18(16)14-23/h1-3,5-8,13H,4,9-12,14-15H2. The smallest absolute Gasteiger partial charge is 0.338 e. The van der Waals surface area contributed by atoms with Crippen LogP contribution in [0.15, 0.2) is 53.4 Å². The lowest BCUT2D eigenvalue weighted by molar-refractivity contribution is -0.143. The lowest BCUT2D eigenvalue weighted by Gasteiger charge is -2.28. The molecule has 0 atom stereocenters. The molecule has 0 aromatic heterocycles. The Kier molecular flexibility index (Phi) is 5.88. The van der Waals surface area contributed by atoms with E-state index in [2.05, 4.69) is 0 Å². The Labute approximate surface area is 180 Å². The Hall–Kier alpha value is -3.04. The van der Waals surface area contributed by atoms with Crippen LogP contribution in [0.4, 0.5) is 0 Å². The van der Waals surface area contributed by atoms with Crippen LogP contribution in [-0.2, 0) is 37.3 Å². The van der Waals surface area contributed by atoms with Crippen LogP contribution in [0.3, 0.4) is 0 Å². The van der Waals surface area contributed by atoms with Gasteiger partial charge < -0.3 is 4.74 Å². The van der Waals surface area contributed by atoms with E-state index in [1.54, 1.807) is 0 Å². The molecule has 1 saturated heterocycles. The molecule has 2 aromatic carbocycles. The van der Waals surface area contributed by atoms with Crippen LogP contribution in [0.5, 0.6) is 0 Å². The van der Waals surface area contributed by atoms with E-state index in [0.29, 0.717) is 32.4 Å². The molecule has 0 saturated carbocycles. The molecular formula is C22H22N2O6S. The maximum Gasteiger partial charge on any atom is 0.338 e. The van der Waals surface area contributed by atoms with Crippen molar-refractivity contribution in [1.29, 1.82) is 0 Å². The largest absolute Gasteiger partial charge is 0.452 e. The third-order valence-electron chi connectivity index (χ3n) is 5.50. The summed E-state index contributed by atoms with van der Waals surface area (Å²) in [4.78, 5) is 37.1. The third kappa shape index (κ3) is 4.38. The summed E-state index contributed by atoms with van der Waals surface area (Å²) in [6.07, 6.45) is 1.52. The van der Waals surface area contributed by atoms with Gasteiger partial charge in [0.15, 0.2) is 6.61 Å². The van der Waals surface area contributed by atoms with Gasteiger partial charge in [0.2, 0.25) is 15.9 Å². The molecule has 0 bridgehead atoms. The molecule has 9 heteroatoms. The number of fused-ring (bicyclic) bond motifs is 1. The van der Waals surface area contributed by atoms with Crippen molar-refractivity contribution in [2.75, 3.05) is 19.7 Å². The normalized spacial score (nSPS) is 16.8. The number of esters is 1. The molecule has 162 valence electrons. The van der Waals surface area contributed by atoms with Crippen molar-refractivity contribution in [3.05, 3.63) is 65.2 Å². The Bertz CT molecular complexity index is 1140. The predicted molar refractivity (Wildman–Crippen MR) is 110 cm³/mol. The van der Waals surface area contributed by atoms with E-state index in [4.69, 9.17) is 4.74 Å². The van der Waals surface area contributed by atoms with Crippen molar-refractivity contribution in [3.63, 3.8) is 0 Å². The maximum atomic E-state index is 13.1. The highest BCUT2D eigenvalue weighted by atomic mass is 32.2. The molecule has 2 heterocycles. The van der Waals surface area contributed by atoms with E-state index < -0.39 is 28.5 Å². The van der Waals surface area contributed by atoms with Crippen molar-refractivity contribution in [2.24, 2.45) is 0 Å². The fourth-order valence-corrected chi connectivity index (χ4v) is 5.27. The maximum absolute atomic E-state index is 13.1. The predicted octanol–water partition coefficient (Wildman–Crippen LogP) is 1.74. The second-order valence-electron chi connectivity index (χ2n) is 7.50. The highest BCUT2D eigenvalue weighted by Crippen LogP contribution is 2.25. The van der Waals surface area contributed by atoms with Crippen molar-refractivity contribution < 1.29 is 27.5 Å². The average molecular weight is 442 g/mol. The summed E-state index contributed by atoms with van der Waals surface area (Å²) in [7, 11) is -3.81. The summed E-state index contributed by atoms with van der Waals surface area (Å²) in [5.74, 6) is -1.68. The summed E-state index contributed by atoms with van der Waals surface area (Å²) in [6.45, 7) is 0.379. The number of likely N-dealkylation sites (tertiary alicyclic amines) is 1. The van der Waals surface area contributed by atoms with Crippen LogP contribution in [0.25, 0.3) is 0 Å². The number of imide groups is 1. The van der Waals surface area contributed by atoms with Gasteiger partial charge >= 0.3 is 5.97 Å². The first kappa shape index (κ1) is 21.2. The van der Waals surface area contributed by atoms with Gasteiger partial charge in [-0.15, -0.1) is 0 Å². The van der Waals surface area contributed by atoms with Crippen molar-refractivity contribution in [2.45, 2.75) is 30.7 Å². The minimum absolute atomic E-state index is 0.0117. The first-order chi connectivity index (χ1) is 14.9. The number of rotatable bonds is 5. The third-order valence-corrected chi connectivity index (χ3v) is 7.35. The summed E-state index contributed by atoms with van der Waals surface area (Å²) >= 11 is 0. The van der Waals surface area contributed by atoms with Gasteiger partial charge in [0, 0.05) is 26.1 Å². The minimum atomic E-state index is -3.81. The Balaban J connectivity index is 1.45. The quantitative estimate of drug-likeness (QED) is 0.654. The first-order valence-electron chi connectivity index (χ1n) is 10.0. The molecule has 2 aliphatic rings. The lowest BCUT2D eigenvalue weighted by Crippen LogP contribution is -2.36. The Morgan fingerprint density at radius 2 is 1.74 bits per heavy atom. The summed E-state index contributed by atoms with van der Waals surface area (Å²) < 4.78 is 32.7. The second kappa shape index (κ2) is 8.60. The van der Waals surface area contributed by atoms with Crippen molar-refractivity contribution >= 4 is 27.8 Å². The number of hydrogen-bond donors (Lipinski definition) is 0. The molecule has 0 N–H and O–H groups in total. The topological polar surface area (TPSA) is 101 Å². The molecule has 2 aliphatic heterocycles. The summed E-state index contributed by atoms with van der Waals surface area (Å²) in [5.41, 5.74) is 2.12. The molecule has 0 aliphatic carbocycles. The van der Waals surface area contributed by atoms with Crippen molar-refractivity contribution in [1.82, 2.24) is 9.21 Å². The fraction of sp³-hybridized carbons (Fsp3) is 0.318. The minimum Gasteiger partial charge on any atom is -0.452 e. The molecule has 8 nitrogen and oxygen atoms in total. The van der Waals surface area contributed by atoms with E-state index >= 15 is 0 Å². The molecule has 2 aromatic rings. The number of nitrogens with zero attached hydrogens (tertiary/aromatic N) is 2. The molecule has 0 radical (unpaired) electrons. The van der Waals surface area contributed by atoms with Crippen LogP contribution in [0.1, 0.15) is 34.3 Å². The van der Waals surface area contributed by atoms with E-state index in [9.17, 15) is 22.8 Å². The number of sulfonamides is 1. The van der Waals surface area contributed by atoms with E-state index in [1.807, 2.05) is 24.3 Å². The molecule has 4 rings (SSSR count). The van der Waals surface area contributed by atoms with Crippen molar-refractivity contribution in [3.8, 4) is 0 Å². The zero-order valence-electron chi connectivity index (χ0n) is 16.8. The van der Waals surface area contributed by atoms with Crippen LogP contribution in [0, 0.1) is 0 Å². The molecular weight excluding hydrogens is 420 g/mol. The number of amides is 2. The summed E-state index contributed by atoms with van der Waals surface area (Å²) in [5, 5.41) is 0. The van der Waals surface area contributed by atoms with Gasteiger partial charge in [-0.1, -0.05) is 30.3 Å². The number of ether oxygens (including phenoxy) is 1. The van der Waals surface area contributed by atoms with Gasteiger partial charge in [-0.25, -0.2) is 13.2 Å². The number of hydrogen-bond acceptors (Lipinski definition) is 6. The fourth-order valence-electron chi connectivity index (χ4n) is 3.81. The Morgan fingerprint density at radius 1 is 0.968 bits per heavy atom. The zero-order valence-corrected chi connectivity index (χ0v) is 17.6. The van der Waals surface area contributed by atoms with E-state index in [0.717, 1.165) is 16.0 Å². The molecule has 0 spiro atoms. The first-order valence-corrected chi connectivity index (χ1v) is 11.5. The number of benzene rings is 2. The Morgan fingerprint density at radius 3 is 2.48 bits per heavy atom. The molecule has 2 amide bonds. The van der Waals surface area contributed by atoms with Crippen LogP contribution in [-0.4, -0.2) is 55.1 Å². The van der Waals surface area contributed by atoms with E-state index in [-0.39, 0.29) is 22.9 Å².